The molecule has 4 amide bonds. The Bertz CT molecular complexity index is 1560. The van der Waals surface area contributed by atoms with Crippen LogP contribution in [0.2, 0.25) is 0 Å². The highest BCUT2D eigenvalue weighted by atomic mass is 16.6. The van der Waals surface area contributed by atoms with E-state index in [1.54, 1.807) is 6.92 Å². The SMILES string of the molecule is Cc1ccc(N2C(=O)c3cccc([N+](=O)[O-])c3C2=O)cc1N1C(=O)c2cccc([N+](=O)[O-])c2C1=O. The number of rotatable bonds is 4. The molecule has 172 valence electrons. The number of fused-ring (bicyclic) bond motifs is 2. The second-order valence-corrected chi connectivity index (χ2v) is 7.78. The first kappa shape index (κ1) is 21.6. The minimum atomic E-state index is -0.926. The van der Waals surface area contributed by atoms with Crippen molar-refractivity contribution in [3.8, 4) is 0 Å². The molecule has 5 rings (SSSR count). The maximum Gasteiger partial charge on any atom is 0.283 e. The summed E-state index contributed by atoms with van der Waals surface area (Å²) in [4.78, 5) is 74.9. The van der Waals surface area contributed by atoms with Crippen molar-refractivity contribution < 1.29 is 29.0 Å². The van der Waals surface area contributed by atoms with E-state index in [0.717, 1.165) is 21.9 Å². The molecule has 0 saturated carbocycles. The number of carbonyl (C=O) groups excluding carboxylic acids is 4. The molecular weight excluding hydrogens is 460 g/mol. The maximum absolute atomic E-state index is 13.1. The Morgan fingerprint density at radius 2 is 1.14 bits per heavy atom. The minimum Gasteiger partial charge on any atom is -0.268 e. The van der Waals surface area contributed by atoms with Crippen LogP contribution in [-0.2, 0) is 0 Å². The van der Waals surface area contributed by atoms with Gasteiger partial charge in [-0.15, -0.1) is 0 Å². The van der Waals surface area contributed by atoms with Crippen molar-refractivity contribution in [3.63, 3.8) is 0 Å². The summed E-state index contributed by atoms with van der Waals surface area (Å²) >= 11 is 0. The summed E-state index contributed by atoms with van der Waals surface area (Å²) in [6, 6.07) is 11.5. The number of hydrogen-bond acceptors (Lipinski definition) is 8. The van der Waals surface area contributed by atoms with Gasteiger partial charge in [0, 0.05) is 12.1 Å². The Morgan fingerprint density at radius 1 is 0.657 bits per heavy atom. The maximum atomic E-state index is 13.1. The van der Waals surface area contributed by atoms with Crippen molar-refractivity contribution in [3.05, 3.63) is 103 Å². The Balaban J connectivity index is 1.61. The lowest BCUT2D eigenvalue weighted by Crippen LogP contribution is -2.32. The molecule has 3 aromatic carbocycles. The number of hydrogen-bond donors (Lipinski definition) is 0. The van der Waals surface area contributed by atoms with E-state index in [0.29, 0.717) is 5.56 Å². The highest BCUT2D eigenvalue weighted by Gasteiger charge is 2.44. The minimum absolute atomic E-state index is 0.00838. The number of nitro benzene ring substituents is 2. The van der Waals surface area contributed by atoms with Crippen LogP contribution in [-0.4, -0.2) is 33.5 Å². The Kier molecular flexibility index (Phi) is 4.55. The standard InChI is InChI=1S/C23H12N4O8/c1-11-8-9-12(24-20(28)13-4-2-6-15(26(32)33)18(13)22(24)30)10-17(11)25-21(29)14-5-3-7-16(27(34)35)19(14)23(25)31/h2-10H,1H3. The largest absolute Gasteiger partial charge is 0.283 e. The van der Waals surface area contributed by atoms with Crippen molar-refractivity contribution in [2.45, 2.75) is 6.92 Å². The average molecular weight is 472 g/mol. The summed E-state index contributed by atoms with van der Waals surface area (Å²) in [5.74, 6) is -3.45. The predicted molar refractivity (Wildman–Crippen MR) is 120 cm³/mol. The summed E-state index contributed by atoms with van der Waals surface area (Å²) in [7, 11) is 0. The van der Waals surface area contributed by atoms with Crippen LogP contribution in [0.1, 0.15) is 47.0 Å². The number of amides is 4. The first-order valence-electron chi connectivity index (χ1n) is 10.1. The van der Waals surface area contributed by atoms with Crippen LogP contribution in [0.15, 0.2) is 54.6 Å². The molecular formula is C23H12N4O8. The van der Waals surface area contributed by atoms with Gasteiger partial charge in [0.2, 0.25) is 0 Å². The Labute approximate surface area is 195 Å². The van der Waals surface area contributed by atoms with E-state index in [4.69, 9.17) is 0 Å². The molecule has 0 aliphatic carbocycles. The van der Waals surface area contributed by atoms with Crippen LogP contribution in [0.25, 0.3) is 0 Å². The van der Waals surface area contributed by atoms with Crippen LogP contribution >= 0.6 is 0 Å². The van der Waals surface area contributed by atoms with Crippen LogP contribution in [0, 0.1) is 27.2 Å². The van der Waals surface area contributed by atoms with E-state index in [-0.39, 0.29) is 33.6 Å². The monoisotopic (exact) mass is 472 g/mol. The topological polar surface area (TPSA) is 161 Å². The van der Waals surface area contributed by atoms with E-state index in [9.17, 15) is 39.4 Å². The molecule has 12 heteroatoms. The van der Waals surface area contributed by atoms with E-state index >= 15 is 0 Å². The lowest BCUT2D eigenvalue weighted by molar-refractivity contribution is -0.385. The lowest BCUT2D eigenvalue weighted by Gasteiger charge is -2.20. The molecule has 0 aromatic heterocycles. The van der Waals surface area contributed by atoms with Gasteiger partial charge in [-0.25, -0.2) is 9.80 Å². The van der Waals surface area contributed by atoms with Gasteiger partial charge in [-0.1, -0.05) is 18.2 Å². The van der Waals surface area contributed by atoms with Crippen LogP contribution in [0.5, 0.6) is 0 Å². The average Bonchev–Trinajstić information content (AvgIpc) is 3.24. The first-order chi connectivity index (χ1) is 16.6. The number of nitrogens with zero attached hydrogens (tertiary/aromatic N) is 4. The molecule has 2 heterocycles. The number of anilines is 2. The smallest absolute Gasteiger partial charge is 0.268 e. The second kappa shape index (κ2) is 7.38. The summed E-state index contributed by atoms with van der Waals surface area (Å²) < 4.78 is 0. The molecule has 3 aromatic rings. The van der Waals surface area contributed by atoms with Crippen molar-refractivity contribution in [2.75, 3.05) is 9.80 Å². The highest BCUT2D eigenvalue weighted by molar-refractivity contribution is 6.37. The zero-order valence-electron chi connectivity index (χ0n) is 17.8. The van der Waals surface area contributed by atoms with E-state index in [2.05, 4.69) is 0 Å². The molecule has 0 saturated heterocycles. The number of imide groups is 2. The van der Waals surface area contributed by atoms with E-state index < -0.39 is 44.9 Å². The van der Waals surface area contributed by atoms with Crippen LogP contribution in [0.4, 0.5) is 22.7 Å². The Morgan fingerprint density at radius 3 is 1.66 bits per heavy atom. The molecule has 2 aliphatic heterocycles. The molecule has 0 unspecified atom stereocenters. The molecule has 2 aliphatic rings. The quantitative estimate of drug-likeness (QED) is 0.317. The molecule has 0 N–H and O–H groups in total. The number of carbonyl (C=O) groups is 4. The summed E-state index contributed by atoms with van der Waals surface area (Å²) in [6.45, 7) is 1.57. The van der Waals surface area contributed by atoms with Gasteiger partial charge in [-0.2, -0.15) is 0 Å². The molecule has 12 nitrogen and oxygen atoms in total. The zero-order valence-corrected chi connectivity index (χ0v) is 17.8. The summed E-state index contributed by atoms with van der Waals surface area (Å²) in [5.41, 5.74) is -1.68. The molecule has 0 radical (unpaired) electrons. The fraction of sp³-hybridized carbons (Fsp3) is 0.0435. The van der Waals surface area contributed by atoms with Gasteiger partial charge in [0.25, 0.3) is 35.0 Å². The van der Waals surface area contributed by atoms with Crippen molar-refractivity contribution in [1.29, 1.82) is 0 Å². The lowest BCUT2D eigenvalue weighted by atomic mass is 10.1. The third kappa shape index (κ3) is 2.93. The van der Waals surface area contributed by atoms with Gasteiger partial charge >= 0.3 is 0 Å². The molecule has 0 bridgehead atoms. The normalized spacial score (nSPS) is 14.4. The van der Waals surface area contributed by atoms with Gasteiger partial charge in [0.05, 0.1) is 32.3 Å². The second-order valence-electron chi connectivity index (χ2n) is 7.78. The van der Waals surface area contributed by atoms with E-state index in [1.165, 1.54) is 42.5 Å². The third-order valence-electron chi connectivity index (χ3n) is 5.87. The van der Waals surface area contributed by atoms with Crippen molar-refractivity contribution >= 4 is 46.4 Å². The summed E-state index contributed by atoms with van der Waals surface area (Å²) in [6.07, 6.45) is 0. The third-order valence-corrected chi connectivity index (χ3v) is 5.87. The van der Waals surface area contributed by atoms with Crippen LogP contribution < -0.4 is 9.80 Å². The van der Waals surface area contributed by atoms with E-state index in [1.807, 2.05) is 0 Å². The van der Waals surface area contributed by atoms with Crippen molar-refractivity contribution in [1.82, 2.24) is 0 Å². The number of benzene rings is 3. The van der Waals surface area contributed by atoms with Gasteiger partial charge in [0.15, 0.2) is 0 Å². The van der Waals surface area contributed by atoms with Crippen molar-refractivity contribution in [2.24, 2.45) is 0 Å². The molecule has 0 spiro atoms. The number of nitro groups is 2. The molecule has 0 fully saturated rings. The first-order valence-corrected chi connectivity index (χ1v) is 10.1. The van der Waals surface area contributed by atoms with Gasteiger partial charge in [-0.05, 0) is 36.8 Å². The zero-order chi connectivity index (χ0) is 25.2. The van der Waals surface area contributed by atoms with Gasteiger partial charge in [0.1, 0.15) is 11.1 Å². The Hall–Kier alpha value is -5.26. The fourth-order valence-corrected chi connectivity index (χ4v) is 4.27. The fourth-order valence-electron chi connectivity index (χ4n) is 4.27. The number of aryl methyl sites for hydroxylation is 1. The van der Waals surface area contributed by atoms with Crippen LogP contribution in [0.3, 0.4) is 0 Å². The van der Waals surface area contributed by atoms with Gasteiger partial charge < -0.3 is 0 Å². The summed E-state index contributed by atoms with van der Waals surface area (Å²) in [5, 5.41) is 22.8. The molecule has 0 atom stereocenters. The predicted octanol–water partition coefficient (Wildman–Crippen LogP) is 3.41. The highest BCUT2D eigenvalue weighted by Crippen LogP contribution is 2.39. The van der Waals surface area contributed by atoms with Gasteiger partial charge in [-0.3, -0.25) is 39.4 Å². The molecule has 35 heavy (non-hydrogen) atoms.